The van der Waals surface area contributed by atoms with Gasteiger partial charge in [-0.25, -0.2) is 0 Å². The van der Waals surface area contributed by atoms with Gasteiger partial charge >= 0.3 is 0 Å². The second-order valence-electron chi connectivity index (χ2n) is 3.36. The van der Waals surface area contributed by atoms with E-state index in [2.05, 4.69) is 16.5 Å². The molecule has 0 amide bonds. The maximum atomic E-state index is 8.64. The van der Waals surface area contributed by atoms with Crippen molar-refractivity contribution in [2.45, 2.75) is 13.0 Å². The fourth-order valence-corrected chi connectivity index (χ4v) is 1.83. The smallest absolute Gasteiger partial charge is 0.170 e. The fourth-order valence-electron chi connectivity index (χ4n) is 1.83. The molecule has 14 heavy (non-hydrogen) atoms. The lowest BCUT2D eigenvalue weighted by Gasteiger charge is -2.19. The maximum Gasteiger partial charge on any atom is 0.170 e. The first kappa shape index (κ1) is 9.02. The van der Waals surface area contributed by atoms with Crippen LogP contribution in [0.15, 0.2) is 23.4 Å². The largest absolute Gasteiger partial charge is 0.409 e. The lowest BCUT2D eigenvalue weighted by molar-refractivity contribution is 0.318. The zero-order valence-corrected chi connectivity index (χ0v) is 7.83. The van der Waals surface area contributed by atoms with Crippen molar-refractivity contribution < 1.29 is 5.21 Å². The van der Waals surface area contributed by atoms with Gasteiger partial charge in [-0.3, -0.25) is 0 Å². The number of benzene rings is 1. The van der Waals surface area contributed by atoms with E-state index in [4.69, 9.17) is 10.9 Å². The molecule has 1 aromatic rings. The third-order valence-corrected chi connectivity index (χ3v) is 2.52. The highest BCUT2D eigenvalue weighted by Crippen LogP contribution is 2.18. The van der Waals surface area contributed by atoms with E-state index in [0.717, 1.165) is 25.1 Å². The Labute approximate surface area is 82.4 Å². The molecule has 74 valence electrons. The summed E-state index contributed by atoms with van der Waals surface area (Å²) in [7, 11) is 0. The predicted molar refractivity (Wildman–Crippen MR) is 54.4 cm³/mol. The Morgan fingerprint density at radius 3 is 3.14 bits per heavy atom. The van der Waals surface area contributed by atoms with E-state index in [1.165, 1.54) is 11.1 Å². The molecule has 4 heteroatoms. The molecule has 1 aliphatic heterocycles. The molecule has 0 fully saturated rings. The number of nitrogens with zero attached hydrogens (tertiary/aromatic N) is 1. The fraction of sp³-hybridized carbons (Fsp3) is 0.300. The van der Waals surface area contributed by atoms with E-state index >= 15 is 0 Å². The SMILES string of the molecule is N/C(=N\O)c1cccc2c1CCNC2. The average molecular weight is 191 g/mol. The Morgan fingerprint density at radius 1 is 1.50 bits per heavy atom. The van der Waals surface area contributed by atoms with Crippen molar-refractivity contribution in [2.24, 2.45) is 10.9 Å². The highest BCUT2D eigenvalue weighted by Gasteiger charge is 2.14. The summed E-state index contributed by atoms with van der Waals surface area (Å²) in [5.41, 5.74) is 8.88. The normalized spacial score (nSPS) is 16.4. The first-order chi connectivity index (χ1) is 6.83. The third-order valence-electron chi connectivity index (χ3n) is 2.52. The molecule has 0 atom stereocenters. The summed E-state index contributed by atoms with van der Waals surface area (Å²) in [5.74, 6) is 0.198. The van der Waals surface area contributed by atoms with Gasteiger partial charge in [0.2, 0.25) is 0 Å². The van der Waals surface area contributed by atoms with Crippen LogP contribution in [0.4, 0.5) is 0 Å². The molecular weight excluding hydrogens is 178 g/mol. The highest BCUT2D eigenvalue weighted by atomic mass is 16.4. The Bertz CT molecular complexity index is 374. The summed E-state index contributed by atoms with van der Waals surface area (Å²) >= 11 is 0. The minimum absolute atomic E-state index is 0.198. The van der Waals surface area contributed by atoms with Crippen molar-refractivity contribution in [1.82, 2.24) is 5.32 Å². The van der Waals surface area contributed by atoms with Crippen molar-refractivity contribution in [1.29, 1.82) is 0 Å². The van der Waals surface area contributed by atoms with E-state index in [0.29, 0.717) is 0 Å². The molecule has 2 rings (SSSR count). The molecule has 0 unspecified atom stereocenters. The Balaban J connectivity index is 2.50. The average Bonchev–Trinajstić information content (AvgIpc) is 2.27. The van der Waals surface area contributed by atoms with E-state index in [1.807, 2.05) is 12.1 Å². The van der Waals surface area contributed by atoms with E-state index in [-0.39, 0.29) is 5.84 Å². The summed E-state index contributed by atoms with van der Waals surface area (Å²) in [4.78, 5) is 0. The lowest BCUT2D eigenvalue weighted by atomic mass is 9.95. The topological polar surface area (TPSA) is 70.6 Å². The number of rotatable bonds is 1. The number of hydrogen-bond donors (Lipinski definition) is 3. The molecule has 1 aromatic carbocycles. The molecule has 1 aliphatic rings. The van der Waals surface area contributed by atoms with Crippen LogP contribution in [0.2, 0.25) is 0 Å². The van der Waals surface area contributed by atoms with Crippen molar-refractivity contribution in [3.8, 4) is 0 Å². The molecule has 0 spiro atoms. The summed E-state index contributed by atoms with van der Waals surface area (Å²) in [6, 6.07) is 5.88. The van der Waals surface area contributed by atoms with Crippen molar-refractivity contribution in [3.05, 3.63) is 34.9 Å². The Hall–Kier alpha value is -1.55. The van der Waals surface area contributed by atoms with Crippen molar-refractivity contribution in [2.75, 3.05) is 6.54 Å². The summed E-state index contributed by atoms with van der Waals surface area (Å²) in [6.45, 7) is 1.81. The van der Waals surface area contributed by atoms with E-state index in [9.17, 15) is 0 Å². The zero-order valence-electron chi connectivity index (χ0n) is 7.83. The van der Waals surface area contributed by atoms with Crippen LogP contribution in [0.25, 0.3) is 0 Å². The maximum absolute atomic E-state index is 8.64. The monoisotopic (exact) mass is 191 g/mol. The van der Waals surface area contributed by atoms with Crippen molar-refractivity contribution >= 4 is 5.84 Å². The number of hydrogen-bond acceptors (Lipinski definition) is 3. The molecule has 0 radical (unpaired) electrons. The minimum Gasteiger partial charge on any atom is -0.409 e. The second kappa shape index (κ2) is 3.67. The number of nitrogens with one attached hydrogen (secondary N) is 1. The van der Waals surface area contributed by atoms with Gasteiger partial charge in [-0.2, -0.15) is 0 Å². The molecule has 0 saturated heterocycles. The molecular formula is C10H13N3O. The zero-order chi connectivity index (χ0) is 9.97. The first-order valence-electron chi connectivity index (χ1n) is 4.62. The second-order valence-corrected chi connectivity index (χ2v) is 3.36. The summed E-state index contributed by atoms with van der Waals surface area (Å²) in [6.07, 6.45) is 0.932. The van der Waals surface area contributed by atoms with Gasteiger partial charge in [-0.15, -0.1) is 0 Å². The van der Waals surface area contributed by atoms with Gasteiger partial charge in [0.05, 0.1) is 0 Å². The van der Waals surface area contributed by atoms with E-state index in [1.54, 1.807) is 0 Å². The molecule has 0 aliphatic carbocycles. The van der Waals surface area contributed by atoms with Gasteiger partial charge in [0, 0.05) is 12.1 Å². The third kappa shape index (κ3) is 1.44. The quantitative estimate of drug-likeness (QED) is 0.261. The number of oxime groups is 1. The van der Waals surface area contributed by atoms with Crippen LogP contribution >= 0.6 is 0 Å². The Morgan fingerprint density at radius 2 is 2.36 bits per heavy atom. The molecule has 4 N–H and O–H groups in total. The molecule has 0 bridgehead atoms. The number of nitrogens with two attached hydrogens (primary N) is 1. The highest BCUT2D eigenvalue weighted by molar-refractivity contribution is 5.98. The van der Waals surface area contributed by atoms with Crippen molar-refractivity contribution in [3.63, 3.8) is 0 Å². The standard InChI is InChI=1S/C10H13N3O/c11-10(13-14)9-3-1-2-7-6-12-5-4-8(7)9/h1-3,12,14H,4-6H2,(H2,11,13). The molecule has 4 nitrogen and oxygen atoms in total. The van der Waals surface area contributed by atoms with Gasteiger partial charge in [0.1, 0.15) is 0 Å². The van der Waals surface area contributed by atoms with Gasteiger partial charge in [-0.1, -0.05) is 23.4 Å². The van der Waals surface area contributed by atoms with Crippen LogP contribution in [0, 0.1) is 0 Å². The van der Waals surface area contributed by atoms with Gasteiger partial charge in [-0.05, 0) is 24.1 Å². The summed E-state index contributed by atoms with van der Waals surface area (Å²) in [5, 5.41) is 15.0. The number of amidine groups is 1. The van der Waals surface area contributed by atoms with Crippen LogP contribution in [0.3, 0.4) is 0 Å². The van der Waals surface area contributed by atoms with Gasteiger partial charge in [0.15, 0.2) is 5.84 Å². The van der Waals surface area contributed by atoms with Gasteiger partial charge < -0.3 is 16.3 Å². The van der Waals surface area contributed by atoms with Crippen LogP contribution in [0.5, 0.6) is 0 Å². The molecule has 0 aromatic heterocycles. The van der Waals surface area contributed by atoms with Crippen LogP contribution < -0.4 is 11.1 Å². The first-order valence-corrected chi connectivity index (χ1v) is 4.62. The number of fused-ring (bicyclic) bond motifs is 1. The van der Waals surface area contributed by atoms with E-state index < -0.39 is 0 Å². The Kier molecular flexibility index (Phi) is 2.37. The minimum atomic E-state index is 0.198. The predicted octanol–water partition coefficient (Wildman–Crippen LogP) is 0.427. The summed E-state index contributed by atoms with van der Waals surface area (Å²) < 4.78 is 0. The molecule has 0 saturated carbocycles. The molecule has 1 heterocycles. The van der Waals surface area contributed by atoms with Gasteiger partial charge in [0.25, 0.3) is 0 Å². The van der Waals surface area contributed by atoms with Crippen LogP contribution in [-0.4, -0.2) is 17.6 Å². The lowest BCUT2D eigenvalue weighted by Crippen LogP contribution is -2.27. The van der Waals surface area contributed by atoms with Crippen LogP contribution in [0.1, 0.15) is 16.7 Å². The van der Waals surface area contributed by atoms with Crippen LogP contribution in [-0.2, 0) is 13.0 Å².